The summed E-state index contributed by atoms with van der Waals surface area (Å²) >= 11 is 0. The Kier molecular flexibility index (Phi) is 4.23. The third-order valence-corrected chi connectivity index (χ3v) is 3.03. The summed E-state index contributed by atoms with van der Waals surface area (Å²) in [4.78, 5) is 35.7. The van der Waals surface area contributed by atoms with E-state index in [1.807, 2.05) is 6.07 Å². The van der Waals surface area contributed by atoms with Crippen LogP contribution in [0.1, 0.15) is 21.7 Å². The second kappa shape index (κ2) is 6.10. The Balaban J connectivity index is 2.79. The molecule has 0 amide bonds. The molecule has 0 N–H and O–H groups in total. The van der Waals surface area contributed by atoms with Gasteiger partial charge in [-0.3, -0.25) is 9.59 Å². The second-order valence-electron chi connectivity index (χ2n) is 4.31. The van der Waals surface area contributed by atoms with E-state index in [-0.39, 0.29) is 27.9 Å². The van der Waals surface area contributed by atoms with Crippen LogP contribution in [-0.4, -0.2) is 26.2 Å². The molecule has 22 heavy (non-hydrogen) atoms. The number of esters is 2. The number of nitrogens with zero attached hydrogens (tertiary/aromatic N) is 1. The van der Waals surface area contributed by atoms with E-state index in [2.05, 4.69) is 9.47 Å². The fraction of sp³-hybridized carbons (Fsp3) is 0.200. The van der Waals surface area contributed by atoms with Crippen LogP contribution in [-0.2, 0) is 20.7 Å². The average Bonchev–Trinajstić information content (AvgIpc) is 2.55. The molecule has 0 saturated carbocycles. The zero-order valence-corrected chi connectivity index (χ0v) is 11.8. The first-order valence-electron chi connectivity index (χ1n) is 6.16. The summed E-state index contributed by atoms with van der Waals surface area (Å²) in [6, 6.07) is 6.10. The molecule has 7 heteroatoms. The third-order valence-electron chi connectivity index (χ3n) is 3.03. The van der Waals surface area contributed by atoms with Gasteiger partial charge in [0.05, 0.1) is 43.2 Å². The van der Waals surface area contributed by atoms with E-state index in [0.717, 1.165) is 14.2 Å². The van der Waals surface area contributed by atoms with E-state index in [1.165, 1.54) is 18.2 Å². The molecule has 0 bridgehead atoms. The number of ether oxygens (including phenoxy) is 2. The molecular formula is C15H11NO6. The minimum Gasteiger partial charge on any atom is -0.469 e. The molecule has 2 rings (SSSR count). The number of benzene rings is 1. The van der Waals surface area contributed by atoms with Gasteiger partial charge in [-0.25, -0.2) is 4.79 Å². The number of hydrogen-bond donors (Lipinski definition) is 0. The van der Waals surface area contributed by atoms with Crippen molar-refractivity contribution in [2.24, 2.45) is 0 Å². The number of methoxy groups -OCH3 is 2. The van der Waals surface area contributed by atoms with Crippen LogP contribution < -0.4 is 5.43 Å². The normalized spacial score (nSPS) is 10.0. The Bertz CT molecular complexity index is 859. The molecule has 7 nitrogen and oxygen atoms in total. The lowest BCUT2D eigenvalue weighted by molar-refractivity contribution is -0.139. The number of carbonyl (C=O) groups is 2. The van der Waals surface area contributed by atoms with Crippen LogP contribution in [0.25, 0.3) is 11.0 Å². The van der Waals surface area contributed by atoms with Crippen LogP contribution in [0.15, 0.2) is 27.4 Å². The molecule has 0 unspecified atom stereocenters. The summed E-state index contributed by atoms with van der Waals surface area (Å²) in [6.07, 6.45) is -0.435. The fourth-order valence-corrected chi connectivity index (χ4v) is 1.94. The van der Waals surface area contributed by atoms with Crippen molar-refractivity contribution in [3.05, 3.63) is 45.3 Å². The van der Waals surface area contributed by atoms with Gasteiger partial charge >= 0.3 is 11.9 Å². The smallest absolute Gasteiger partial charge is 0.374 e. The van der Waals surface area contributed by atoms with E-state index in [9.17, 15) is 14.4 Å². The number of rotatable bonds is 3. The van der Waals surface area contributed by atoms with Crippen molar-refractivity contribution in [2.45, 2.75) is 6.42 Å². The van der Waals surface area contributed by atoms with Gasteiger partial charge in [0.15, 0.2) is 5.43 Å². The zero-order valence-electron chi connectivity index (χ0n) is 11.8. The van der Waals surface area contributed by atoms with Crippen molar-refractivity contribution in [1.82, 2.24) is 0 Å². The van der Waals surface area contributed by atoms with Crippen LogP contribution in [0, 0.1) is 11.3 Å². The lowest BCUT2D eigenvalue weighted by Crippen LogP contribution is -2.21. The second-order valence-corrected chi connectivity index (χ2v) is 4.31. The van der Waals surface area contributed by atoms with E-state index in [4.69, 9.17) is 9.68 Å². The van der Waals surface area contributed by atoms with Gasteiger partial charge in [0.25, 0.3) is 0 Å². The predicted octanol–water partition coefficient (Wildman–Crippen LogP) is 1.17. The first-order chi connectivity index (χ1) is 10.5. The van der Waals surface area contributed by atoms with Gasteiger partial charge in [-0.1, -0.05) is 0 Å². The first-order valence-corrected chi connectivity index (χ1v) is 6.16. The quantitative estimate of drug-likeness (QED) is 0.783. The third kappa shape index (κ3) is 2.67. The molecule has 1 heterocycles. The Morgan fingerprint density at radius 3 is 2.59 bits per heavy atom. The highest BCUT2D eigenvalue weighted by molar-refractivity contribution is 5.92. The molecule has 1 aromatic heterocycles. The van der Waals surface area contributed by atoms with E-state index in [0.29, 0.717) is 0 Å². The molecule has 0 aliphatic carbocycles. The van der Waals surface area contributed by atoms with Crippen LogP contribution in [0.2, 0.25) is 0 Å². The van der Waals surface area contributed by atoms with Crippen LogP contribution in [0.3, 0.4) is 0 Å². The van der Waals surface area contributed by atoms with Crippen LogP contribution in [0.4, 0.5) is 0 Å². The lowest BCUT2D eigenvalue weighted by atomic mass is 10.1. The highest BCUT2D eigenvalue weighted by Crippen LogP contribution is 2.18. The Hall–Kier alpha value is -3.14. The van der Waals surface area contributed by atoms with Crippen molar-refractivity contribution in [2.75, 3.05) is 14.2 Å². The van der Waals surface area contributed by atoms with E-state index < -0.39 is 23.8 Å². The Morgan fingerprint density at radius 2 is 2.00 bits per heavy atom. The van der Waals surface area contributed by atoms with Gasteiger partial charge in [0.1, 0.15) is 5.58 Å². The molecule has 0 aliphatic heterocycles. The molecule has 0 radical (unpaired) electrons. The van der Waals surface area contributed by atoms with Gasteiger partial charge in [-0.2, -0.15) is 5.26 Å². The number of carbonyl (C=O) groups excluding carboxylic acids is 2. The summed E-state index contributed by atoms with van der Waals surface area (Å²) in [5.74, 6) is -1.93. The SMILES string of the molecule is COC(=O)Cc1c(C(=O)OC)oc2ccc(C#N)cc2c1=O. The minimum absolute atomic E-state index is 0.102. The highest BCUT2D eigenvalue weighted by atomic mass is 16.5. The molecule has 0 saturated heterocycles. The molecule has 1 aromatic carbocycles. The maximum absolute atomic E-state index is 12.5. The molecule has 0 spiro atoms. The minimum atomic E-state index is -0.873. The van der Waals surface area contributed by atoms with E-state index >= 15 is 0 Å². The summed E-state index contributed by atoms with van der Waals surface area (Å²) in [6.45, 7) is 0. The highest BCUT2D eigenvalue weighted by Gasteiger charge is 2.23. The van der Waals surface area contributed by atoms with Crippen molar-refractivity contribution < 1.29 is 23.5 Å². The Morgan fingerprint density at radius 1 is 1.27 bits per heavy atom. The number of nitriles is 1. The fourth-order valence-electron chi connectivity index (χ4n) is 1.94. The summed E-state index contributed by atoms with van der Waals surface area (Å²) < 4.78 is 14.5. The average molecular weight is 301 g/mol. The maximum Gasteiger partial charge on any atom is 0.374 e. The van der Waals surface area contributed by atoms with Crippen molar-refractivity contribution in [1.29, 1.82) is 5.26 Å². The Labute approximate surface area is 124 Å². The van der Waals surface area contributed by atoms with Gasteiger partial charge in [-0.15, -0.1) is 0 Å². The van der Waals surface area contributed by atoms with Crippen molar-refractivity contribution in [3.63, 3.8) is 0 Å². The first kappa shape index (κ1) is 15.3. The van der Waals surface area contributed by atoms with Crippen LogP contribution >= 0.6 is 0 Å². The van der Waals surface area contributed by atoms with Gasteiger partial charge < -0.3 is 13.9 Å². The van der Waals surface area contributed by atoms with Gasteiger partial charge in [0, 0.05) is 0 Å². The van der Waals surface area contributed by atoms with Crippen molar-refractivity contribution >= 4 is 22.9 Å². The molecule has 112 valence electrons. The topological polar surface area (TPSA) is 107 Å². The summed E-state index contributed by atoms with van der Waals surface area (Å²) in [7, 11) is 2.30. The molecule has 2 aromatic rings. The number of fused-ring (bicyclic) bond motifs is 1. The van der Waals surface area contributed by atoms with Crippen molar-refractivity contribution in [3.8, 4) is 6.07 Å². The van der Waals surface area contributed by atoms with Crippen LogP contribution in [0.5, 0.6) is 0 Å². The summed E-state index contributed by atoms with van der Waals surface area (Å²) in [5, 5.41) is 8.99. The number of hydrogen-bond acceptors (Lipinski definition) is 7. The maximum atomic E-state index is 12.5. The lowest BCUT2D eigenvalue weighted by Gasteiger charge is -2.07. The van der Waals surface area contributed by atoms with Gasteiger partial charge in [0.2, 0.25) is 5.76 Å². The largest absolute Gasteiger partial charge is 0.469 e. The molecular weight excluding hydrogens is 290 g/mol. The predicted molar refractivity (Wildman–Crippen MR) is 74.3 cm³/mol. The summed E-state index contributed by atoms with van der Waals surface area (Å²) in [5.41, 5.74) is -0.363. The monoisotopic (exact) mass is 301 g/mol. The van der Waals surface area contributed by atoms with E-state index in [1.54, 1.807) is 0 Å². The molecule has 0 fully saturated rings. The molecule has 0 atom stereocenters. The van der Waals surface area contributed by atoms with Gasteiger partial charge in [-0.05, 0) is 18.2 Å². The standard InChI is InChI=1S/C15H11NO6/c1-20-12(17)6-10-13(18)9-5-8(7-16)3-4-11(9)22-14(10)15(19)21-2/h3-5H,6H2,1-2H3. The molecule has 0 aliphatic rings. The zero-order chi connectivity index (χ0) is 16.3.